The largest absolute Gasteiger partial charge is 0.489 e. The third-order valence-electron chi connectivity index (χ3n) is 5.07. The maximum Gasteiger partial charge on any atom is 0.268 e. The minimum Gasteiger partial charge on any atom is -0.489 e. The Bertz CT molecular complexity index is 760. The number of piperidine rings is 1. The summed E-state index contributed by atoms with van der Waals surface area (Å²) in [6.07, 6.45) is 4.13. The lowest BCUT2D eigenvalue weighted by Crippen LogP contribution is -2.41. The third kappa shape index (κ3) is 2.75. The van der Waals surface area contributed by atoms with Crippen molar-refractivity contribution in [3.63, 3.8) is 0 Å². The standard InChI is InChI=1S/C18H24N4O2/c1-12(2)21-6-3-14(4-7-21)24-15-9-13-10-16-18(23)19-5-8-22(16)17(13)20-11-15/h9-12,14H,3-8H2,1-2H3,(H,19,23). The summed E-state index contributed by atoms with van der Waals surface area (Å²) in [6, 6.07) is 4.52. The Labute approximate surface area is 141 Å². The number of hydrogen-bond donors (Lipinski definition) is 1. The maximum atomic E-state index is 11.9. The van der Waals surface area contributed by atoms with Crippen LogP contribution in [0.4, 0.5) is 0 Å². The molecule has 1 fully saturated rings. The van der Waals surface area contributed by atoms with Gasteiger partial charge in [0, 0.05) is 37.6 Å². The Morgan fingerprint density at radius 2 is 2.04 bits per heavy atom. The molecule has 0 aromatic carbocycles. The molecular weight excluding hydrogens is 304 g/mol. The molecule has 128 valence electrons. The number of rotatable bonds is 3. The van der Waals surface area contributed by atoms with Gasteiger partial charge in [0.25, 0.3) is 5.91 Å². The molecule has 2 aromatic rings. The van der Waals surface area contributed by atoms with E-state index in [2.05, 4.69) is 29.0 Å². The van der Waals surface area contributed by atoms with Gasteiger partial charge in [-0.1, -0.05) is 0 Å². The summed E-state index contributed by atoms with van der Waals surface area (Å²) in [6.45, 7) is 8.07. The normalized spacial score (nSPS) is 19.5. The molecule has 4 heterocycles. The van der Waals surface area contributed by atoms with Gasteiger partial charge < -0.3 is 19.5 Å². The van der Waals surface area contributed by atoms with Gasteiger partial charge >= 0.3 is 0 Å². The number of ether oxygens (including phenoxy) is 1. The van der Waals surface area contributed by atoms with Crippen LogP contribution < -0.4 is 10.1 Å². The Kier molecular flexibility index (Phi) is 3.92. The van der Waals surface area contributed by atoms with E-state index in [9.17, 15) is 4.79 Å². The molecule has 0 radical (unpaired) electrons. The number of amides is 1. The van der Waals surface area contributed by atoms with Crippen molar-refractivity contribution in [3.05, 3.63) is 24.0 Å². The van der Waals surface area contributed by atoms with Crippen LogP contribution in [0.3, 0.4) is 0 Å². The topological polar surface area (TPSA) is 59.4 Å². The van der Waals surface area contributed by atoms with Crippen molar-refractivity contribution in [3.8, 4) is 5.75 Å². The van der Waals surface area contributed by atoms with Crippen molar-refractivity contribution in [1.29, 1.82) is 0 Å². The molecule has 1 saturated heterocycles. The number of fused-ring (bicyclic) bond motifs is 3. The summed E-state index contributed by atoms with van der Waals surface area (Å²) in [5, 5.41) is 3.84. The minimum atomic E-state index is -0.0252. The van der Waals surface area contributed by atoms with Crippen LogP contribution in [0.5, 0.6) is 5.75 Å². The van der Waals surface area contributed by atoms with Crippen LogP contribution in [-0.2, 0) is 6.54 Å². The molecule has 0 saturated carbocycles. The molecule has 6 nitrogen and oxygen atoms in total. The summed E-state index contributed by atoms with van der Waals surface area (Å²) < 4.78 is 8.14. The second kappa shape index (κ2) is 6.09. The molecule has 0 spiro atoms. The molecule has 4 rings (SSSR count). The average Bonchev–Trinajstić information content (AvgIpc) is 2.95. The second-order valence-corrected chi connectivity index (χ2v) is 6.97. The number of likely N-dealkylation sites (tertiary alicyclic amines) is 1. The van der Waals surface area contributed by atoms with Crippen molar-refractivity contribution < 1.29 is 9.53 Å². The number of carbonyl (C=O) groups excluding carboxylic acids is 1. The molecule has 24 heavy (non-hydrogen) atoms. The van der Waals surface area contributed by atoms with Crippen molar-refractivity contribution >= 4 is 16.9 Å². The maximum absolute atomic E-state index is 11.9. The Balaban J connectivity index is 1.51. The minimum absolute atomic E-state index is 0.0252. The van der Waals surface area contributed by atoms with Crippen LogP contribution in [0.2, 0.25) is 0 Å². The van der Waals surface area contributed by atoms with Crippen LogP contribution in [0.25, 0.3) is 11.0 Å². The highest BCUT2D eigenvalue weighted by Gasteiger charge is 2.23. The summed E-state index contributed by atoms with van der Waals surface area (Å²) >= 11 is 0. The summed E-state index contributed by atoms with van der Waals surface area (Å²) in [5.41, 5.74) is 1.55. The van der Waals surface area contributed by atoms with Gasteiger partial charge in [0.1, 0.15) is 23.2 Å². The van der Waals surface area contributed by atoms with Gasteiger partial charge in [-0.05, 0) is 38.8 Å². The fourth-order valence-corrected chi connectivity index (χ4v) is 3.68. The Morgan fingerprint density at radius 1 is 1.25 bits per heavy atom. The smallest absolute Gasteiger partial charge is 0.268 e. The first-order valence-electron chi connectivity index (χ1n) is 8.80. The van der Waals surface area contributed by atoms with E-state index in [1.807, 2.05) is 16.7 Å². The predicted molar refractivity (Wildman–Crippen MR) is 92.4 cm³/mol. The van der Waals surface area contributed by atoms with Crippen LogP contribution in [0.1, 0.15) is 37.2 Å². The van der Waals surface area contributed by atoms with Gasteiger partial charge in [-0.15, -0.1) is 0 Å². The van der Waals surface area contributed by atoms with Gasteiger partial charge in [0.2, 0.25) is 0 Å². The van der Waals surface area contributed by atoms with Crippen LogP contribution in [0.15, 0.2) is 18.3 Å². The highest BCUT2D eigenvalue weighted by atomic mass is 16.5. The molecule has 2 aliphatic rings. The van der Waals surface area contributed by atoms with E-state index < -0.39 is 0 Å². The summed E-state index contributed by atoms with van der Waals surface area (Å²) in [5.74, 6) is 0.775. The van der Waals surface area contributed by atoms with E-state index in [1.165, 1.54) is 0 Å². The van der Waals surface area contributed by atoms with Gasteiger partial charge in [0.15, 0.2) is 0 Å². The predicted octanol–water partition coefficient (Wildman–Crippen LogP) is 2.03. The fraction of sp³-hybridized carbons (Fsp3) is 0.556. The molecule has 6 heteroatoms. The van der Waals surface area contributed by atoms with Crippen LogP contribution in [0, 0.1) is 0 Å². The number of hydrogen-bond acceptors (Lipinski definition) is 4. The molecule has 1 N–H and O–H groups in total. The zero-order chi connectivity index (χ0) is 16.7. The number of nitrogens with one attached hydrogen (secondary N) is 1. The van der Waals surface area contributed by atoms with E-state index in [0.717, 1.165) is 49.3 Å². The number of nitrogens with zero attached hydrogens (tertiary/aromatic N) is 3. The number of carbonyl (C=O) groups is 1. The number of pyridine rings is 1. The van der Waals surface area contributed by atoms with E-state index in [-0.39, 0.29) is 12.0 Å². The zero-order valence-electron chi connectivity index (χ0n) is 14.3. The summed E-state index contributed by atoms with van der Waals surface area (Å²) in [7, 11) is 0. The molecule has 1 amide bonds. The first-order valence-corrected chi connectivity index (χ1v) is 8.80. The Morgan fingerprint density at radius 3 is 2.79 bits per heavy atom. The monoisotopic (exact) mass is 328 g/mol. The van der Waals surface area contributed by atoms with E-state index in [0.29, 0.717) is 18.3 Å². The first kappa shape index (κ1) is 15.4. The van der Waals surface area contributed by atoms with E-state index in [4.69, 9.17) is 4.74 Å². The van der Waals surface area contributed by atoms with Crippen LogP contribution in [-0.4, -0.2) is 52.1 Å². The van der Waals surface area contributed by atoms with Crippen molar-refractivity contribution in [2.75, 3.05) is 19.6 Å². The van der Waals surface area contributed by atoms with Gasteiger partial charge in [-0.3, -0.25) is 4.79 Å². The van der Waals surface area contributed by atoms with Gasteiger partial charge in [0.05, 0.1) is 6.20 Å². The molecule has 0 atom stereocenters. The van der Waals surface area contributed by atoms with Gasteiger partial charge in [-0.2, -0.15) is 0 Å². The van der Waals surface area contributed by atoms with Gasteiger partial charge in [-0.25, -0.2) is 4.98 Å². The molecule has 2 aliphatic heterocycles. The molecule has 0 aliphatic carbocycles. The van der Waals surface area contributed by atoms with Crippen molar-refractivity contribution in [2.45, 2.75) is 45.4 Å². The van der Waals surface area contributed by atoms with E-state index in [1.54, 1.807) is 6.20 Å². The zero-order valence-corrected chi connectivity index (χ0v) is 14.3. The quantitative estimate of drug-likeness (QED) is 0.937. The highest BCUT2D eigenvalue weighted by molar-refractivity contribution is 5.98. The summed E-state index contributed by atoms with van der Waals surface area (Å²) in [4.78, 5) is 19.0. The lowest BCUT2D eigenvalue weighted by Gasteiger charge is -2.34. The van der Waals surface area contributed by atoms with Crippen LogP contribution >= 0.6 is 0 Å². The van der Waals surface area contributed by atoms with Crippen molar-refractivity contribution in [2.24, 2.45) is 0 Å². The lowest BCUT2D eigenvalue weighted by atomic mass is 10.1. The third-order valence-corrected chi connectivity index (χ3v) is 5.07. The number of aromatic nitrogens is 2. The van der Waals surface area contributed by atoms with E-state index >= 15 is 0 Å². The fourth-order valence-electron chi connectivity index (χ4n) is 3.68. The SMILES string of the molecule is CC(C)N1CCC(Oc2cnc3c(c2)cc2n3CCNC2=O)CC1. The molecule has 0 bridgehead atoms. The highest BCUT2D eigenvalue weighted by Crippen LogP contribution is 2.26. The lowest BCUT2D eigenvalue weighted by molar-refractivity contribution is 0.0842. The average molecular weight is 328 g/mol. The first-order chi connectivity index (χ1) is 11.6. The molecule has 2 aromatic heterocycles. The van der Waals surface area contributed by atoms with Crippen molar-refractivity contribution in [1.82, 2.24) is 19.8 Å². The molecular formula is C18H24N4O2. The molecule has 0 unspecified atom stereocenters. The second-order valence-electron chi connectivity index (χ2n) is 6.97. The Hall–Kier alpha value is -2.08.